The molecule has 0 radical (unpaired) electrons. The van der Waals surface area contributed by atoms with Gasteiger partial charge in [0, 0.05) is 24.0 Å². The van der Waals surface area contributed by atoms with E-state index in [1.54, 1.807) is 12.1 Å². The third-order valence-corrected chi connectivity index (χ3v) is 4.10. The molecule has 3 rings (SSSR count). The number of hydrogen-bond donors (Lipinski definition) is 2. The van der Waals surface area contributed by atoms with Gasteiger partial charge in [-0.25, -0.2) is 9.18 Å². The number of benzene rings is 2. The molecule has 2 amide bonds. The van der Waals surface area contributed by atoms with Crippen molar-refractivity contribution in [3.05, 3.63) is 60.4 Å². The van der Waals surface area contributed by atoms with E-state index >= 15 is 0 Å². The van der Waals surface area contributed by atoms with Crippen LogP contribution in [0.5, 0.6) is 0 Å². The quantitative estimate of drug-likeness (QED) is 0.909. The van der Waals surface area contributed by atoms with E-state index < -0.39 is 0 Å². The third-order valence-electron chi connectivity index (χ3n) is 4.10. The molecule has 2 N–H and O–H groups in total. The van der Waals surface area contributed by atoms with E-state index in [1.807, 2.05) is 18.2 Å². The summed E-state index contributed by atoms with van der Waals surface area (Å²) in [5, 5.41) is 5.72. The lowest BCUT2D eigenvalue weighted by atomic mass is 10.2. The maximum absolute atomic E-state index is 12.9. The molecule has 1 heterocycles. The van der Waals surface area contributed by atoms with E-state index in [9.17, 15) is 9.18 Å². The number of nitrogens with zero attached hydrogens (tertiary/aromatic N) is 1. The zero-order chi connectivity index (χ0) is 16.2. The molecule has 2 unspecified atom stereocenters. The van der Waals surface area contributed by atoms with Crippen LogP contribution in [-0.4, -0.2) is 24.7 Å². The number of amides is 2. The summed E-state index contributed by atoms with van der Waals surface area (Å²) >= 11 is 0. The van der Waals surface area contributed by atoms with Gasteiger partial charge in [0.25, 0.3) is 0 Å². The fourth-order valence-corrected chi connectivity index (χ4v) is 3.00. The summed E-state index contributed by atoms with van der Waals surface area (Å²) < 4.78 is 12.9. The van der Waals surface area contributed by atoms with Crippen molar-refractivity contribution in [2.24, 2.45) is 0 Å². The van der Waals surface area contributed by atoms with E-state index in [4.69, 9.17) is 0 Å². The fraction of sp³-hybridized carbons (Fsp3) is 0.278. The van der Waals surface area contributed by atoms with Gasteiger partial charge in [-0.05, 0) is 49.7 Å². The molecule has 0 aliphatic carbocycles. The van der Waals surface area contributed by atoms with Crippen molar-refractivity contribution in [1.29, 1.82) is 0 Å². The molecule has 0 spiro atoms. The Morgan fingerprint density at radius 1 is 1.13 bits per heavy atom. The number of hydrogen-bond acceptors (Lipinski definition) is 2. The Bertz CT molecular complexity index is 660. The Hall–Kier alpha value is -2.56. The number of para-hydroxylation sites is 1. The molecule has 120 valence electrons. The minimum atomic E-state index is -0.320. The predicted molar refractivity (Wildman–Crippen MR) is 90.2 cm³/mol. The maximum atomic E-state index is 12.9. The van der Waals surface area contributed by atoms with Crippen LogP contribution in [0.25, 0.3) is 0 Å². The first-order valence-electron chi connectivity index (χ1n) is 7.76. The van der Waals surface area contributed by atoms with Crippen LogP contribution in [0.1, 0.15) is 13.3 Å². The minimum Gasteiger partial charge on any atom is -0.367 e. The first-order chi connectivity index (χ1) is 11.1. The summed E-state index contributed by atoms with van der Waals surface area (Å²) in [7, 11) is 0. The molecule has 23 heavy (non-hydrogen) atoms. The van der Waals surface area contributed by atoms with Gasteiger partial charge < -0.3 is 15.5 Å². The summed E-state index contributed by atoms with van der Waals surface area (Å²) in [5.74, 6) is -0.320. The van der Waals surface area contributed by atoms with E-state index in [-0.39, 0.29) is 17.9 Å². The molecule has 0 bridgehead atoms. The number of nitrogens with one attached hydrogen (secondary N) is 2. The number of anilines is 2. The molecule has 1 saturated heterocycles. The maximum Gasteiger partial charge on any atom is 0.319 e. The van der Waals surface area contributed by atoms with Crippen molar-refractivity contribution in [2.75, 3.05) is 16.8 Å². The SMILES string of the molecule is CC1CC(NC(=O)Nc2ccc(F)cc2)CN1c1ccccc1. The highest BCUT2D eigenvalue weighted by molar-refractivity contribution is 5.89. The highest BCUT2D eigenvalue weighted by Gasteiger charge is 2.30. The molecular formula is C18H20FN3O. The molecular weight excluding hydrogens is 293 g/mol. The first kappa shape index (κ1) is 15.3. The summed E-state index contributed by atoms with van der Waals surface area (Å²) in [4.78, 5) is 14.4. The van der Waals surface area contributed by atoms with E-state index in [1.165, 1.54) is 17.8 Å². The first-order valence-corrected chi connectivity index (χ1v) is 7.76. The predicted octanol–water partition coefficient (Wildman–Crippen LogP) is 3.61. The molecule has 0 saturated carbocycles. The highest BCUT2D eigenvalue weighted by Crippen LogP contribution is 2.25. The fourth-order valence-electron chi connectivity index (χ4n) is 3.00. The molecule has 5 heteroatoms. The van der Waals surface area contributed by atoms with Crippen molar-refractivity contribution in [1.82, 2.24) is 5.32 Å². The Morgan fingerprint density at radius 2 is 1.83 bits per heavy atom. The molecule has 0 aromatic heterocycles. The normalized spacial score (nSPS) is 20.3. The molecule has 4 nitrogen and oxygen atoms in total. The largest absolute Gasteiger partial charge is 0.367 e. The smallest absolute Gasteiger partial charge is 0.319 e. The number of carbonyl (C=O) groups is 1. The third kappa shape index (κ3) is 3.80. The molecule has 1 aliphatic heterocycles. The molecule has 1 aliphatic rings. The van der Waals surface area contributed by atoms with Crippen molar-refractivity contribution in [3.63, 3.8) is 0 Å². The highest BCUT2D eigenvalue weighted by atomic mass is 19.1. The summed E-state index contributed by atoms with van der Waals surface area (Å²) in [6.45, 7) is 2.94. The van der Waals surface area contributed by atoms with Crippen molar-refractivity contribution < 1.29 is 9.18 Å². The van der Waals surface area contributed by atoms with E-state index in [2.05, 4.69) is 34.6 Å². The van der Waals surface area contributed by atoms with Crippen molar-refractivity contribution in [3.8, 4) is 0 Å². The van der Waals surface area contributed by atoms with Gasteiger partial charge in [0.15, 0.2) is 0 Å². The van der Waals surface area contributed by atoms with E-state index in [0.29, 0.717) is 11.7 Å². The lowest BCUT2D eigenvalue weighted by Crippen LogP contribution is -2.39. The minimum absolute atomic E-state index is 0.0886. The van der Waals surface area contributed by atoms with Crippen LogP contribution in [-0.2, 0) is 0 Å². The monoisotopic (exact) mass is 313 g/mol. The van der Waals surface area contributed by atoms with Gasteiger partial charge in [-0.3, -0.25) is 0 Å². The Morgan fingerprint density at radius 3 is 2.52 bits per heavy atom. The molecule has 1 fully saturated rings. The number of halogens is 1. The van der Waals surface area contributed by atoms with Crippen LogP contribution in [0.4, 0.5) is 20.6 Å². The standard InChI is InChI=1S/C18H20FN3O/c1-13-11-16(12-22(13)17-5-3-2-4-6-17)21-18(23)20-15-9-7-14(19)8-10-15/h2-10,13,16H,11-12H2,1H3,(H2,20,21,23). The topological polar surface area (TPSA) is 44.4 Å². The zero-order valence-electron chi connectivity index (χ0n) is 13.0. The molecule has 2 aromatic carbocycles. The molecule has 2 atom stereocenters. The molecule has 2 aromatic rings. The van der Waals surface area contributed by atoms with Gasteiger partial charge in [0.2, 0.25) is 0 Å². The summed E-state index contributed by atoms with van der Waals surface area (Å²) in [6, 6.07) is 16.1. The summed E-state index contributed by atoms with van der Waals surface area (Å²) in [6.07, 6.45) is 0.895. The second kappa shape index (κ2) is 6.69. The van der Waals surface area contributed by atoms with Crippen LogP contribution in [0, 0.1) is 5.82 Å². The van der Waals surface area contributed by atoms with Crippen LogP contribution in [0.2, 0.25) is 0 Å². The van der Waals surface area contributed by atoms with Gasteiger partial charge in [0.05, 0.1) is 6.04 Å². The number of rotatable bonds is 3. The Labute approximate surface area is 135 Å². The lowest BCUT2D eigenvalue weighted by molar-refractivity contribution is 0.249. The van der Waals surface area contributed by atoms with Crippen LogP contribution in [0.15, 0.2) is 54.6 Å². The van der Waals surface area contributed by atoms with Crippen LogP contribution in [0.3, 0.4) is 0 Å². The Kier molecular flexibility index (Phi) is 4.46. The summed E-state index contributed by atoms with van der Waals surface area (Å²) in [5.41, 5.74) is 1.75. The average molecular weight is 313 g/mol. The van der Waals surface area contributed by atoms with Crippen LogP contribution >= 0.6 is 0 Å². The van der Waals surface area contributed by atoms with Gasteiger partial charge in [0.1, 0.15) is 5.82 Å². The number of carbonyl (C=O) groups excluding carboxylic acids is 1. The van der Waals surface area contributed by atoms with Gasteiger partial charge >= 0.3 is 6.03 Å². The average Bonchev–Trinajstić information content (AvgIpc) is 2.91. The van der Waals surface area contributed by atoms with Crippen molar-refractivity contribution in [2.45, 2.75) is 25.4 Å². The Balaban J connectivity index is 1.56. The number of urea groups is 1. The van der Waals surface area contributed by atoms with Crippen molar-refractivity contribution >= 4 is 17.4 Å². The lowest BCUT2D eigenvalue weighted by Gasteiger charge is -2.23. The van der Waals surface area contributed by atoms with E-state index in [0.717, 1.165) is 13.0 Å². The van der Waals surface area contributed by atoms with Crippen LogP contribution < -0.4 is 15.5 Å². The van der Waals surface area contributed by atoms with Gasteiger partial charge in [-0.2, -0.15) is 0 Å². The zero-order valence-corrected chi connectivity index (χ0v) is 13.0. The second-order valence-electron chi connectivity index (χ2n) is 5.87. The van der Waals surface area contributed by atoms with Gasteiger partial charge in [-0.1, -0.05) is 18.2 Å². The van der Waals surface area contributed by atoms with Gasteiger partial charge in [-0.15, -0.1) is 0 Å². The second-order valence-corrected chi connectivity index (χ2v) is 5.87.